The van der Waals surface area contributed by atoms with Crippen molar-refractivity contribution < 1.29 is 0 Å². The second-order valence-corrected chi connectivity index (χ2v) is 12.9. The summed E-state index contributed by atoms with van der Waals surface area (Å²) >= 11 is 0. The fourth-order valence-corrected chi connectivity index (χ4v) is 8.18. The molecule has 2 nitrogen and oxygen atoms in total. The average molecular weight is 509 g/mol. The first-order valence-electron chi connectivity index (χ1n) is 16.1. The second kappa shape index (κ2) is 11.9. The lowest BCUT2D eigenvalue weighted by Gasteiger charge is -2.21. The van der Waals surface area contributed by atoms with E-state index in [1.807, 2.05) is 0 Å². The van der Waals surface area contributed by atoms with Gasteiger partial charge in [-0.1, -0.05) is 87.8 Å². The van der Waals surface area contributed by atoms with E-state index in [9.17, 15) is 0 Å². The molecule has 4 aliphatic rings. The first-order valence-corrected chi connectivity index (χ1v) is 16.1. The van der Waals surface area contributed by atoms with E-state index in [-0.39, 0.29) is 0 Å². The fourth-order valence-electron chi connectivity index (χ4n) is 8.18. The number of benzene rings is 2. The molecule has 0 atom stereocenters. The molecular weight excluding hydrogens is 460 g/mol. The van der Waals surface area contributed by atoms with Gasteiger partial charge < -0.3 is 0 Å². The molecule has 0 aliphatic heterocycles. The lowest BCUT2D eigenvalue weighted by molar-refractivity contribution is 0.702. The molecule has 0 N–H and O–H groups in total. The summed E-state index contributed by atoms with van der Waals surface area (Å²) in [6.07, 6.45) is 21.5. The van der Waals surface area contributed by atoms with Crippen LogP contribution in [0.15, 0.2) is 46.4 Å². The molecule has 0 heterocycles. The summed E-state index contributed by atoms with van der Waals surface area (Å²) < 4.78 is 0. The number of nitrogens with zero attached hydrogens (tertiary/aromatic N) is 2. The van der Waals surface area contributed by atoms with Crippen LogP contribution in [0.25, 0.3) is 0 Å². The minimum absolute atomic E-state index is 0.678. The Morgan fingerprint density at radius 1 is 0.447 bits per heavy atom. The Kier molecular flexibility index (Phi) is 8.14. The van der Waals surface area contributed by atoms with E-state index >= 15 is 0 Å². The van der Waals surface area contributed by atoms with Crippen LogP contribution in [0.1, 0.15) is 163 Å². The smallest absolute Gasteiger partial charge is 0.0703 e. The molecule has 2 aromatic carbocycles. The molecule has 0 bridgehead atoms. The molecule has 0 radical (unpaired) electrons. The zero-order valence-corrected chi connectivity index (χ0v) is 24.0. The van der Waals surface area contributed by atoms with Crippen LogP contribution in [-0.2, 0) is 0 Å². The van der Waals surface area contributed by atoms with Gasteiger partial charge in [-0.25, -0.2) is 0 Å². The van der Waals surface area contributed by atoms with Crippen molar-refractivity contribution in [2.24, 2.45) is 9.98 Å². The van der Waals surface area contributed by atoms with Crippen LogP contribution in [0, 0.1) is 0 Å². The van der Waals surface area contributed by atoms with Gasteiger partial charge in [0, 0.05) is 0 Å². The van der Waals surface area contributed by atoms with Gasteiger partial charge in [0.05, 0.1) is 22.8 Å². The zero-order chi connectivity index (χ0) is 25.9. The first kappa shape index (κ1) is 26.0. The van der Waals surface area contributed by atoms with Gasteiger partial charge in [-0.05, 0) is 111 Å². The Hall–Kier alpha value is -2.22. The summed E-state index contributed by atoms with van der Waals surface area (Å²) in [5.74, 6) is 2.71. The molecular formula is C36H48N2. The van der Waals surface area contributed by atoms with Gasteiger partial charge in [0.15, 0.2) is 0 Å². The Morgan fingerprint density at radius 2 is 0.684 bits per heavy atom. The van der Waals surface area contributed by atoms with Crippen molar-refractivity contribution in [1.29, 1.82) is 0 Å². The second-order valence-electron chi connectivity index (χ2n) is 12.9. The van der Waals surface area contributed by atoms with E-state index in [4.69, 9.17) is 9.98 Å². The van der Waals surface area contributed by atoms with E-state index in [1.165, 1.54) is 136 Å². The van der Waals surface area contributed by atoms with Crippen LogP contribution in [0.3, 0.4) is 0 Å². The molecule has 0 aromatic heterocycles. The van der Waals surface area contributed by atoms with Crippen molar-refractivity contribution in [3.05, 3.63) is 58.7 Å². The topological polar surface area (TPSA) is 24.7 Å². The van der Waals surface area contributed by atoms with E-state index in [1.54, 1.807) is 0 Å². The van der Waals surface area contributed by atoms with Gasteiger partial charge in [-0.15, -0.1) is 0 Å². The van der Waals surface area contributed by atoms with Gasteiger partial charge in [0.1, 0.15) is 0 Å². The highest BCUT2D eigenvalue weighted by molar-refractivity contribution is 6.41. The van der Waals surface area contributed by atoms with Gasteiger partial charge in [-0.2, -0.15) is 0 Å². The van der Waals surface area contributed by atoms with E-state index < -0.39 is 0 Å². The molecule has 0 amide bonds. The van der Waals surface area contributed by atoms with Gasteiger partial charge >= 0.3 is 0 Å². The highest BCUT2D eigenvalue weighted by atomic mass is 14.8. The molecule has 0 spiro atoms. The predicted molar refractivity (Wildman–Crippen MR) is 163 cm³/mol. The summed E-state index contributed by atoms with van der Waals surface area (Å²) in [5.41, 5.74) is 10.9. The summed E-state index contributed by atoms with van der Waals surface area (Å²) in [7, 11) is 0. The van der Waals surface area contributed by atoms with Crippen molar-refractivity contribution >= 4 is 22.8 Å². The minimum Gasteiger partial charge on any atom is -0.251 e. The summed E-state index contributed by atoms with van der Waals surface area (Å²) in [5, 5.41) is 0. The molecule has 4 saturated carbocycles. The number of hydrogen-bond acceptors (Lipinski definition) is 2. The van der Waals surface area contributed by atoms with Crippen molar-refractivity contribution in [1.82, 2.24) is 0 Å². The standard InChI is InChI=1S/C36H48N2/c1-25(37-35-31(27-13-3-4-14-27)21-11-22-32(35)28-15-5-6-16-28)26(2)38-36-33(29-17-7-8-18-29)23-12-24-34(36)30-19-9-10-20-30/h11-12,21-24,27-30H,3-10,13-20H2,1-2H3. The lowest BCUT2D eigenvalue weighted by Crippen LogP contribution is -2.08. The molecule has 38 heavy (non-hydrogen) atoms. The maximum atomic E-state index is 5.48. The third kappa shape index (κ3) is 5.43. The van der Waals surface area contributed by atoms with Crippen LogP contribution >= 0.6 is 0 Å². The molecule has 202 valence electrons. The number of para-hydroxylation sites is 2. The Labute approximate surface area is 231 Å². The monoisotopic (exact) mass is 508 g/mol. The van der Waals surface area contributed by atoms with E-state index in [0.29, 0.717) is 23.7 Å². The van der Waals surface area contributed by atoms with Crippen LogP contribution in [0.2, 0.25) is 0 Å². The first-order chi connectivity index (χ1) is 18.7. The summed E-state index contributed by atoms with van der Waals surface area (Å²) in [6, 6.07) is 14.2. The number of aliphatic imine (C=N–C) groups is 2. The molecule has 0 unspecified atom stereocenters. The Bertz CT molecular complexity index is 1000. The van der Waals surface area contributed by atoms with Crippen LogP contribution in [-0.4, -0.2) is 11.4 Å². The quantitative estimate of drug-likeness (QED) is 0.332. The highest BCUT2D eigenvalue weighted by Gasteiger charge is 2.28. The van der Waals surface area contributed by atoms with E-state index in [2.05, 4.69) is 50.2 Å². The molecule has 0 saturated heterocycles. The van der Waals surface area contributed by atoms with E-state index in [0.717, 1.165) is 11.4 Å². The molecule has 4 aliphatic carbocycles. The van der Waals surface area contributed by atoms with Crippen molar-refractivity contribution in [2.45, 2.75) is 140 Å². The maximum Gasteiger partial charge on any atom is 0.0703 e. The zero-order valence-electron chi connectivity index (χ0n) is 24.0. The Morgan fingerprint density at radius 3 is 0.921 bits per heavy atom. The minimum atomic E-state index is 0.678. The van der Waals surface area contributed by atoms with Crippen LogP contribution in [0.5, 0.6) is 0 Å². The largest absolute Gasteiger partial charge is 0.251 e. The van der Waals surface area contributed by atoms with Crippen LogP contribution < -0.4 is 0 Å². The van der Waals surface area contributed by atoms with Crippen molar-refractivity contribution in [3.8, 4) is 0 Å². The third-order valence-electron chi connectivity index (χ3n) is 10.5. The van der Waals surface area contributed by atoms with Crippen LogP contribution in [0.4, 0.5) is 11.4 Å². The molecule has 2 aromatic rings. The summed E-state index contributed by atoms with van der Waals surface area (Å²) in [4.78, 5) is 11.0. The maximum absolute atomic E-state index is 5.48. The summed E-state index contributed by atoms with van der Waals surface area (Å²) in [6.45, 7) is 4.44. The van der Waals surface area contributed by atoms with Crippen molar-refractivity contribution in [3.63, 3.8) is 0 Å². The van der Waals surface area contributed by atoms with Gasteiger partial charge in [0.2, 0.25) is 0 Å². The highest BCUT2D eigenvalue weighted by Crippen LogP contribution is 2.47. The molecule has 2 heteroatoms. The van der Waals surface area contributed by atoms with Crippen molar-refractivity contribution in [2.75, 3.05) is 0 Å². The predicted octanol–water partition coefficient (Wildman–Crippen LogP) is 11.2. The Balaban J connectivity index is 1.41. The average Bonchev–Trinajstić information content (AvgIpc) is 3.77. The number of rotatable bonds is 7. The fraction of sp³-hybridized carbons (Fsp3) is 0.611. The third-order valence-corrected chi connectivity index (χ3v) is 10.5. The normalized spacial score (nSPS) is 22.8. The lowest BCUT2D eigenvalue weighted by atomic mass is 9.88. The van der Waals surface area contributed by atoms with Gasteiger partial charge in [-0.3, -0.25) is 9.98 Å². The SMILES string of the molecule is CC(=Nc1c(C2CCCC2)cccc1C1CCCC1)C(C)=Nc1c(C2CCCC2)cccc1C1CCCC1. The van der Waals surface area contributed by atoms with Gasteiger partial charge in [0.25, 0.3) is 0 Å². The number of hydrogen-bond donors (Lipinski definition) is 0. The molecule has 6 rings (SSSR count). The molecule has 4 fully saturated rings.